The van der Waals surface area contributed by atoms with Crippen LogP contribution in [-0.2, 0) is 5.11 Å². The van der Waals surface area contributed by atoms with Crippen LogP contribution in [0.1, 0.15) is 5.56 Å². The molecule has 0 aliphatic heterocycles. The molecule has 0 amide bonds. The molecule has 0 atom stereocenters. The van der Waals surface area contributed by atoms with Gasteiger partial charge in [-0.05, 0) is 12.1 Å². The molecule has 0 fully saturated rings. The molecule has 12 heavy (non-hydrogen) atoms. The molecule has 0 unspecified atom stereocenters. The van der Waals surface area contributed by atoms with Crippen LogP contribution in [0.4, 0.5) is 4.39 Å². The van der Waals surface area contributed by atoms with Crippen molar-refractivity contribution in [1.82, 2.24) is 0 Å². The number of hydrogen-bond donors (Lipinski definition) is 0. The van der Waals surface area contributed by atoms with E-state index in [0.717, 1.165) is 0 Å². The van der Waals surface area contributed by atoms with E-state index in [1.54, 1.807) is 12.1 Å². The van der Waals surface area contributed by atoms with E-state index in [-0.39, 0.29) is 12.4 Å². The van der Waals surface area contributed by atoms with Crippen LogP contribution in [0.2, 0.25) is 0 Å². The molecule has 0 saturated heterocycles. The van der Waals surface area contributed by atoms with E-state index in [1.165, 1.54) is 18.2 Å². The zero-order valence-corrected chi connectivity index (χ0v) is 7.84. The van der Waals surface area contributed by atoms with E-state index in [9.17, 15) is 9.50 Å². The van der Waals surface area contributed by atoms with Crippen molar-refractivity contribution in [2.45, 2.75) is 0 Å². The van der Waals surface area contributed by atoms with Crippen LogP contribution in [0, 0.1) is 5.82 Å². The number of rotatable bonds is 2. The first kappa shape index (κ1) is 9.42. The second kappa shape index (κ2) is 4.38. The lowest BCUT2D eigenvalue weighted by Crippen LogP contribution is -1.81. The van der Waals surface area contributed by atoms with Crippen LogP contribution < -0.4 is 0 Å². The summed E-state index contributed by atoms with van der Waals surface area (Å²) in [5, 5.41) is 10.1. The molecule has 1 aromatic carbocycles. The Balaban J connectivity index is 2.94. The minimum atomic E-state index is -0.325. The van der Waals surface area contributed by atoms with Gasteiger partial charge in [0.15, 0.2) is 0 Å². The van der Waals surface area contributed by atoms with Gasteiger partial charge in [0.25, 0.3) is 0 Å². The van der Waals surface area contributed by atoms with Gasteiger partial charge in [-0.1, -0.05) is 34.1 Å². The molecule has 0 aliphatic carbocycles. The highest BCUT2D eigenvalue weighted by atomic mass is 79.9. The maximum absolute atomic E-state index is 13.0. The molecule has 1 nitrogen and oxygen atoms in total. The zero-order valence-electron chi connectivity index (χ0n) is 6.26. The van der Waals surface area contributed by atoms with Crippen molar-refractivity contribution < 1.29 is 9.50 Å². The van der Waals surface area contributed by atoms with E-state index >= 15 is 0 Å². The molecule has 3 heteroatoms. The fourth-order valence-electron chi connectivity index (χ4n) is 0.812. The Morgan fingerprint density at radius 1 is 1.50 bits per heavy atom. The summed E-state index contributed by atoms with van der Waals surface area (Å²) in [5.74, 6) is -0.325. The topological polar surface area (TPSA) is 19.9 Å². The highest BCUT2D eigenvalue weighted by Crippen LogP contribution is 2.15. The maximum atomic E-state index is 13.0. The summed E-state index contributed by atoms with van der Waals surface area (Å²) >= 11 is 3.14. The molecule has 63 valence electrons. The first-order valence-electron chi connectivity index (χ1n) is 3.43. The Bertz CT molecular complexity index is 297. The van der Waals surface area contributed by atoms with Crippen LogP contribution in [0.15, 0.2) is 28.7 Å². The molecule has 0 saturated carbocycles. The maximum Gasteiger partial charge on any atom is 0.131 e. The largest absolute Gasteiger partial charge is 0.232 e. The van der Waals surface area contributed by atoms with Crippen molar-refractivity contribution in [3.05, 3.63) is 40.1 Å². The molecule has 0 aliphatic rings. The Kier molecular flexibility index (Phi) is 3.44. The summed E-state index contributed by atoms with van der Waals surface area (Å²) in [4.78, 5) is 0. The fraction of sp³-hybridized carbons (Fsp3) is 0.111. The smallest absolute Gasteiger partial charge is 0.131 e. The second-order valence-corrected chi connectivity index (χ2v) is 3.15. The van der Waals surface area contributed by atoms with Gasteiger partial charge in [-0.3, -0.25) is 0 Å². The van der Waals surface area contributed by atoms with Crippen LogP contribution >= 0.6 is 15.9 Å². The van der Waals surface area contributed by atoms with Crippen LogP contribution in [0.3, 0.4) is 0 Å². The van der Waals surface area contributed by atoms with Crippen molar-refractivity contribution >= 4 is 22.0 Å². The molecule has 1 rings (SSSR count). The predicted molar refractivity (Wildman–Crippen MR) is 48.7 cm³/mol. The summed E-state index contributed by atoms with van der Waals surface area (Å²) in [6.07, 6.45) is 2.86. The van der Waals surface area contributed by atoms with Gasteiger partial charge in [-0.2, -0.15) is 0 Å². The van der Waals surface area contributed by atoms with E-state index in [2.05, 4.69) is 15.9 Å². The lowest BCUT2D eigenvalue weighted by Gasteiger charge is -1.96. The SMILES string of the molecule is [O]CC=Cc1ccc(Br)cc1F. The van der Waals surface area contributed by atoms with E-state index in [1.807, 2.05) is 0 Å². The fourth-order valence-corrected chi connectivity index (χ4v) is 1.14. The average molecular weight is 230 g/mol. The molecule has 0 spiro atoms. The van der Waals surface area contributed by atoms with Crippen LogP contribution in [0.25, 0.3) is 6.08 Å². The van der Waals surface area contributed by atoms with Crippen molar-refractivity contribution in [2.75, 3.05) is 6.61 Å². The van der Waals surface area contributed by atoms with Gasteiger partial charge >= 0.3 is 0 Å². The van der Waals surface area contributed by atoms with E-state index < -0.39 is 0 Å². The van der Waals surface area contributed by atoms with Gasteiger partial charge in [-0.25, -0.2) is 9.50 Å². The third-order valence-corrected chi connectivity index (χ3v) is 1.85. The second-order valence-electron chi connectivity index (χ2n) is 2.23. The molecular weight excluding hydrogens is 223 g/mol. The third-order valence-electron chi connectivity index (χ3n) is 1.36. The number of hydrogen-bond acceptors (Lipinski definition) is 0. The Morgan fingerprint density at radius 3 is 2.83 bits per heavy atom. The van der Waals surface area contributed by atoms with Crippen LogP contribution in [0.5, 0.6) is 0 Å². The summed E-state index contributed by atoms with van der Waals surface area (Å²) in [6.45, 7) is -0.324. The van der Waals surface area contributed by atoms with Crippen LogP contribution in [-0.4, -0.2) is 6.61 Å². The van der Waals surface area contributed by atoms with Gasteiger partial charge in [0.1, 0.15) is 12.4 Å². The van der Waals surface area contributed by atoms with Crippen molar-refractivity contribution in [2.24, 2.45) is 0 Å². The minimum absolute atomic E-state index is 0.324. The van der Waals surface area contributed by atoms with Crippen molar-refractivity contribution in [3.8, 4) is 0 Å². The van der Waals surface area contributed by atoms with E-state index in [4.69, 9.17) is 0 Å². The molecule has 0 bridgehead atoms. The van der Waals surface area contributed by atoms with Gasteiger partial charge < -0.3 is 0 Å². The molecule has 0 N–H and O–H groups in total. The Labute approximate surface area is 78.7 Å². The third kappa shape index (κ3) is 2.43. The molecular formula is C9H7BrFO. The van der Waals surface area contributed by atoms with Crippen molar-refractivity contribution in [1.29, 1.82) is 0 Å². The van der Waals surface area contributed by atoms with E-state index in [0.29, 0.717) is 10.0 Å². The van der Waals surface area contributed by atoms with Gasteiger partial charge in [0, 0.05) is 10.0 Å². The molecule has 0 aromatic heterocycles. The summed E-state index contributed by atoms with van der Waals surface area (Å²) in [7, 11) is 0. The lowest BCUT2D eigenvalue weighted by atomic mass is 10.2. The van der Waals surface area contributed by atoms with Crippen molar-refractivity contribution in [3.63, 3.8) is 0 Å². The van der Waals surface area contributed by atoms with Gasteiger partial charge in [0.05, 0.1) is 0 Å². The number of benzene rings is 1. The summed E-state index contributed by atoms with van der Waals surface area (Å²) in [5.41, 5.74) is 0.439. The molecule has 0 heterocycles. The number of halogens is 2. The highest BCUT2D eigenvalue weighted by Gasteiger charge is 1.97. The molecule has 1 radical (unpaired) electrons. The standard InChI is InChI=1S/C9H7BrFO/c10-8-4-3-7(2-1-5-12)9(11)6-8/h1-4,6H,5H2. The Morgan fingerprint density at radius 2 is 2.25 bits per heavy atom. The summed E-state index contributed by atoms with van der Waals surface area (Å²) in [6, 6.07) is 4.71. The minimum Gasteiger partial charge on any atom is -0.232 e. The first-order valence-corrected chi connectivity index (χ1v) is 4.23. The first-order chi connectivity index (χ1) is 5.74. The lowest BCUT2D eigenvalue weighted by molar-refractivity contribution is 0.233. The van der Waals surface area contributed by atoms with Gasteiger partial charge in [0.2, 0.25) is 0 Å². The highest BCUT2D eigenvalue weighted by molar-refractivity contribution is 9.10. The Hall–Kier alpha value is -0.670. The molecule has 1 aromatic rings. The normalized spacial score (nSPS) is 10.9. The monoisotopic (exact) mass is 229 g/mol. The summed E-state index contributed by atoms with van der Waals surface area (Å²) < 4.78 is 13.7. The quantitative estimate of drug-likeness (QED) is 0.744. The predicted octanol–water partition coefficient (Wildman–Crippen LogP) is 3.03. The zero-order chi connectivity index (χ0) is 8.97. The average Bonchev–Trinajstić information content (AvgIpc) is 2.03. The van der Waals surface area contributed by atoms with Gasteiger partial charge in [-0.15, -0.1) is 0 Å².